The van der Waals surface area contributed by atoms with Crippen LogP contribution in [0.25, 0.3) is 0 Å². The van der Waals surface area contributed by atoms with Crippen LogP contribution in [0, 0.1) is 0 Å². The van der Waals surface area contributed by atoms with Gasteiger partial charge in [0.05, 0.1) is 6.42 Å². The second-order valence-electron chi connectivity index (χ2n) is 5.57. The first-order valence-electron chi connectivity index (χ1n) is 6.52. The summed E-state index contributed by atoms with van der Waals surface area (Å²) in [7, 11) is 0. The van der Waals surface area contributed by atoms with Gasteiger partial charge in [0.2, 0.25) is 0 Å². The van der Waals surface area contributed by atoms with Gasteiger partial charge in [0.25, 0.3) is 0 Å². The molecule has 0 bridgehead atoms. The van der Waals surface area contributed by atoms with Gasteiger partial charge in [-0.05, 0) is 42.7 Å². The van der Waals surface area contributed by atoms with Crippen molar-refractivity contribution in [1.82, 2.24) is 0 Å². The van der Waals surface area contributed by atoms with Gasteiger partial charge in [-0.2, -0.15) is 0 Å². The first kappa shape index (κ1) is 10.8. The summed E-state index contributed by atoms with van der Waals surface area (Å²) >= 11 is 0. The highest BCUT2D eigenvalue weighted by molar-refractivity contribution is 5.70. The Hall–Kier alpha value is -1.31. The molecule has 2 nitrogen and oxygen atoms in total. The standard InChI is InChI=1S/C15H18O2/c16-14(17)10-15(8-9-15)13-7-2-1-6-12(13)11-4-3-5-11/h1-2,6-7,11H,3-5,8-10H2,(H,16,17). The lowest BCUT2D eigenvalue weighted by atomic mass is 9.75. The summed E-state index contributed by atoms with van der Waals surface area (Å²) in [4.78, 5) is 11.0. The topological polar surface area (TPSA) is 37.3 Å². The van der Waals surface area contributed by atoms with E-state index in [1.165, 1.54) is 30.4 Å². The van der Waals surface area contributed by atoms with E-state index in [9.17, 15) is 4.79 Å². The van der Waals surface area contributed by atoms with Gasteiger partial charge >= 0.3 is 5.97 Å². The molecule has 1 aromatic rings. The SMILES string of the molecule is O=C(O)CC1(c2ccccc2C2CCC2)CC1. The number of rotatable bonds is 4. The van der Waals surface area contributed by atoms with Gasteiger partial charge in [0.15, 0.2) is 0 Å². The van der Waals surface area contributed by atoms with Crippen LogP contribution in [0.3, 0.4) is 0 Å². The average Bonchev–Trinajstić information content (AvgIpc) is 2.96. The molecule has 2 fully saturated rings. The van der Waals surface area contributed by atoms with Gasteiger partial charge in [0.1, 0.15) is 0 Å². The van der Waals surface area contributed by atoms with Crippen LogP contribution in [-0.4, -0.2) is 11.1 Å². The average molecular weight is 230 g/mol. The van der Waals surface area contributed by atoms with E-state index in [4.69, 9.17) is 5.11 Å². The van der Waals surface area contributed by atoms with Crippen molar-refractivity contribution in [1.29, 1.82) is 0 Å². The number of aliphatic carboxylic acids is 1. The van der Waals surface area contributed by atoms with Gasteiger partial charge < -0.3 is 5.11 Å². The molecule has 1 aromatic carbocycles. The van der Waals surface area contributed by atoms with Crippen LogP contribution in [0.1, 0.15) is 55.6 Å². The molecule has 2 aliphatic rings. The van der Waals surface area contributed by atoms with Gasteiger partial charge in [-0.1, -0.05) is 30.7 Å². The summed E-state index contributed by atoms with van der Waals surface area (Å²) in [6, 6.07) is 8.51. The Kier molecular flexibility index (Phi) is 2.46. The van der Waals surface area contributed by atoms with Crippen molar-refractivity contribution in [3.05, 3.63) is 35.4 Å². The molecule has 2 aliphatic carbocycles. The van der Waals surface area contributed by atoms with Crippen molar-refractivity contribution >= 4 is 5.97 Å². The Bertz CT molecular complexity index is 442. The maximum atomic E-state index is 11.0. The molecule has 0 heterocycles. The largest absolute Gasteiger partial charge is 0.481 e. The van der Waals surface area contributed by atoms with E-state index in [2.05, 4.69) is 24.3 Å². The maximum absolute atomic E-state index is 11.0. The lowest BCUT2D eigenvalue weighted by molar-refractivity contribution is -0.137. The van der Waals surface area contributed by atoms with Crippen molar-refractivity contribution in [2.45, 2.75) is 49.9 Å². The van der Waals surface area contributed by atoms with Crippen LogP contribution < -0.4 is 0 Å². The summed E-state index contributed by atoms with van der Waals surface area (Å²) in [5, 5.41) is 9.05. The van der Waals surface area contributed by atoms with E-state index in [-0.39, 0.29) is 5.41 Å². The molecule has 0 unspecified atom stereocenters. The van der Waals surface area contributed by atoms with Crippen molar-refractivity contribution in [3.63, 3.8) is 0 Å². The molecular formula is C15H18O2. The van der Waals surface area contributed by atoms with E-state index >= 15 is 0 Å². The number of carbonyl (C=O) groups is 1. The number of carboxylic acid groups (broad SMARTS) is 1. The lowest BCUT2D eigenvalue weighted by Crippen LogP contribution is -2.19. The normalized spacial score (nSPS) is 21.9. The minimum Gasteiger partial charge on any atom is -0.481 e. The molecule has 17 heavy (non-hydrogen) atoms. The summed E-state index contributed by atoms with van der Waals surface area (Å²) < 4.78 is 0. The van der Waals surface area contributed by atoms with E-state index in [1.54, 1.807) is 0 Å². The fourth-order valence-electron chi connectivity index (χ4n) is 3.04. The van der Waals surface area contributed by atoms with Crippen molar-refractivity contribution < 1.29 is 9.90 Å². The smallest absolute Gasteiger partial charge is 0.304 e. The Balaban J connectivity index is 1.94. The fraction of sp³-hybridized carbons (Fsp3) is 0.533. The van der Waals surface area contributed by atoms with Crippen molar-refractivity contribution in [2.24, 2.45) is 0 Å². The Morgan fingerprint density at radius 1 is 1.29 bits per heavy atom. The number of hydrogen-bond acceptors (Lipinski definition) is 1. The van der Waals surface area contributed by atoms with E-state index in [1.807, 2.05) is 0 Å². The molecule has 90 valence electrons. The molecular weight excluding hydrogens is 212 g/mol. The van der Waals surface area contributed by atoms with Gasteiger partial charge in [-0.15, -0.1) is 0 Å². The maximum Gasteiger partial charge on any atom is 0.304 e. The van der Waals surface area contributed by atoms with Crippen LogP contribution in [0.5, 0.6) is 0 Å². The van der Waals surface area contributed by atoms with E-state index in [0.29, 0.717) is 12.3 Å². The molecule has 0 radical (unpaired) electrons. The van der Waals surface area contributed by atoms with Crippen molar-refractivity contribution in [2.75, 3.05) is 0 Å². The highest BCUT2D eigenvalue weighted by Crippen LogP contribution is 2.54. The first-order valence-corrected chi connectivity index (χ1v) is 6.52. The van der Waals surface area contributed by atoms with Crippen molar-refractivity contribution in [3.8, 4) is 0 Å². The quantitative estimate of drug-likeness (QED) is 0.860. The highest BCUT2D eigenvalue weighted by Gasteiger charge is 2.47. The zero-order chi connectivity index (χ0) is 11.9. The molecule has 0 amide bonds. The molecule has 1 N–H and O–H groups in total. The molecule has 0 saturated heterocycles. The van der Waals surface area contributed by atoms with Gasteiger partial charge in [-0.3, -0.25) is 4.79 Å². The third-order valence-electron chi connectivity index (χ3n) is 4.42. The Morgan fingerprint density at radius 2 is 2.00 bits per heavy atom. The predicted octanol–water partition coefficient (Wildman–Crippen LogP) is 3.46. The Labute approximate surface area is 102 Å². The summed E-state index contributed by atoms with van der Waals surface area (Å²) in [6.07, 6.45) is 6.27. The molecule has 0 aliphatic heterocycles. The van der Waals surface area contributed by atoms with Crippen LogP contribution in [0.2, 0.25) is 0 Å². The van der Waals surface area contributed by atoms with Crippen LogP contribution in [-0.2, 0) is 10.2 Å². The molecule has 2 heteroatoms. The second kappa shape index (κ2) is 3.86. The minimum absolute atomic E-state index is 0.0297. The van der Waals surface area contributed by atoms with E-state index < -0.39 is 5.97 Å². The number of benzene rings is 1. The van der Waals surface area contributed by atoms with Gasteiger partial charge in [0, 0.05) is 5.41 Å². The lowest BCUT2D eigenvalue weighted by Gasteiger charge is -2.30. The fourth-order valence-corrected chi connectivity index (χ4v) is 3.04. The first-order chi connectivity index (χ1) is 8.21. The Morgan fingerprint density at radius 3 is 2.53 bits per heavy atom. The second-order valence-corrected chi connectivity index (χ2v) is 5.57. The summed E-state index contributed by atoms with van der Waals surface area (Å²) in [5.41, 5.74) is 2.72. The van der Waals surface area contributed by atoms with E-state index in [0.717, 1.165) is 12.8 Å². The highest BCUT2D eigenvalue weighted by atomic mass is 16.4. The molecule has 2 saturated carbocycles. The summed E-state index contributed by atoms with van der Waals surface area (Å²) in [6.45, 7) is 0. The molecule has 0 aromatic heterocycles. The molecule has 0 atom stereocenters. The third-order valence-corrected chi connectivity index (χ3v) is 4.42. The number of carboxylic acids is 1. The minimum atomic E-state index is -0.661. The van der Waals surface area contributed by atoms with Crippen LogP contribution in [0.15, 0.2) is 24.3 Å². The van der Waals surface area contributed by atoms with Crippen LogP contribution >= 0.6 is 0 Å². The zero-order valence-corrected chi connectivity index (χ0v) is 9.98. The van der Waals surface area contributed by atoms with Crippen LogP contribution in [0.4, 0.5) is 0 Å². The summed E-state index contributed by atoms with van der Waals surface area (Å²) in [5.74, 6) is 0.0309. The zero-order valence-electron chi connectivity index (χ0n) is 9.98. The molecule has 0 spiro atoms. The number of hydrogen-bond donors (Lipinski definition) is 1. The molecule has 3 rings (SSSR count). The van der Waals surface area contributed by atoms with Gasteiger partial charge in [-0.25, -0.2) is 0 Å². The monoisotopic (exact) mass is 230 g/mol. The predicted molar refractivity (Wildman–Crippen MR) is 66.2 cm³/mol. The third kappa shape index (κ3) is 1.86.